The summed E-state index contributed by atoms with van der Waals surface area (Å²) in [4.78, 5) is 25.5. The zero-order chi connectivity index (χ0) is 17.5. The summed E-state index contributed by atoms with van der Waals surface area (Å²) in [6, 6.07) is 15.0. The van der Waals surface area contributed by atoms with Crippen LogP contribution in [0, 0.1) is 6.92 Å². The highest BCUT2D eigenvalue weighted by Crippen LogP contribution is 2.24. The number of amides is 2. The summed E-state index contributed by atoms with van der Waals surface area (Å²) in [5.74, 6) is -0.181. The highest BCUT2D eigenvalue weighted by atomic mass is 35.5. The Morgan fingerprint density at radius 1 is 1.12 bits per heavy atom. The summed E-state index contributed by atoms with van der Waals surface area (Å²) < 4.78 is 0. The van der Waals surface area contributed by atoms with Crippen LogP contribution in [0.2, 0.25) is 5.02 Å². The highest BCUT2D eigenvalue weighted by Gasteiger charge is 2.14. The molecule has 0 radical (unpaired) electrons. The predicted octanol–water partition coefficient (Wildman–Crippen LogP) is 3.36. The number of para-hydroxylation sites is 1. The maximum Gasteiger partial charge on any atom is 0.224 e. The molecule has 5 heteroatoms. The number of carbonyl (C=O) groups excluding carboxylic acids is 2. The van der Waals surface area contributed by atoms with E-state index in [0.717, 1.165) is 11.1 Å². The Hall–Kier alpha value is -2.33. The molecular formula is C19H21ClN2O2. The Kier molecular flexibility index (Phi) is 6.38. The van der Waals surface area contributed by atoms with Crippen molar-refractivity contribution in [3.63, 3.8) is 0 Å². The lowest BCUT2D eigenvalue weighted by atomic mass is 10.1. The Balaban J connectivity index is 1.90. The van der Waals surface area contributed by atoms with E-state index >= 15 is 0 Å². The third kappa shape index (κ3) is 5.10. The third-order valence-electron chi connectivity index (χ3n) is 3.63. The average molecular weight is 345 g/mol. The number of aryl methyl sites for hydroxylation is 1. The molecule has 2 amide bonds. The standard InChI is InChI=1S/C19H21ClN2O2/c1-14-6-5-7-16(12-14)13-19(24)21-10-11-22(15(2)23)18-9-4-3-8-17(18)20/h3-9,12H,10-11,13H2,1-2H3,(H,21,24). The van der Waals surface area contributed by atoms with Gasteiger partial charge in [-0.2, -0.15) is 0 Å². The summed E-state index contributed by atoms with van der Waals surface area (Å²) in [5, 5.41) is 3.36. The second kappa shape index (κ2) is 8.50. The number of nitrogens with zero attached hydrogens (tertiary/aromatic N) is 1. The van der Waals surface area contributed by atoms with Crippen LogP contribution in [0.25, 0.3) is 0 Å². The summed E-state index contributed by atoms with van der Waals surface area (Å²) >= 11 is 6.15. The zero-order valence-corrected chi connectivity index (χ0v) is 14.6. The fourth-order valence-electron chi connectivity index (χ4n) is 2.50. The summed E-state index contributed by atoms with van der Waals surface area (Å²) in [6.45, 7) is 4.22. The number of hydrogen-bond acceptors (Lipinski definition) is 2. The van der Waals surface area contributed by atoms with E-state index in [2.05, 4.69) is 5.32 Å². The van der Waals surface area contributed by atoms with Crippen molar-refractivity contribution in [1.82, 2.24) is 5.32 Å². The first-order chi connectivity index (χ1) is 11.5. The van der Waals surface area contributed by atoms with Gasteiger partial charge in [0.15, 0.2) is 0 Å². The van der Waals surface area contributed by atoms with E-state index in [1.807, 2.05) is 43.3 Å². The molecule has 0 aliphatic carbocycles. The maximum atomic E-state index is 12.0. The molecule has 0 fully saturated rings. The normalized spacial score (nSPS) is 10.3. The van der Waals surface area contributed by atoms with E-state index in [9.17, 15) is 9.59 Å². The van der Waals surface area contributed by atoms with Gasteiger partial charge >= 0.3 is 0 Å². The van der Waals surface area contributed by atoms with Crippen molar-refractivity contribution >= 4 is 29.1 Å². The van der Waals surface area contributed by atoms with Gasteiger partial charge in [0.25, 0.3) is 0 Å². The number of benzene rings is 2. The molecule has 0 saturated carbocycles. The number of hydrogen-bond donors (Lipinski definition) is 1. The fraction of sp³-hybridized carbons (Fsp3) is 0.263. The van der Waals surface area contributed by atoms with Crippen molar-refractivity contribution in [1.29, 1.82) is 0 Å². The van der Waals surface area contributed by atoms with Crippen LogP contribution in [-0.4, -0.2) is 24.9 Å². The molecule has 4 nitrogen and oxygen atoms in total. The summed E-state index contributed by atoms with van der Waals surface area (Å²) in [7, 11) is 0. The monoisotopic (exact) mass is 344 g/mol. The lowest BCUT2D eigenvalue weighted by molar-refractivity contribution is -0.121. The molecule has 2 aromatic rings. The Morgan fingerprint density at radius 2 is 1.88 bits per heavy atom. The van der Waals surface area contributed by atoms with Crippen LogP contribution in [0.4, 0.5) is 5.69 Å². The lowest BCUT2D eigenvalue weighted by Gasteiger charge is -2.22. The average Bonchev–Trinajstić information content (AvgIpc) is 2.52. The molecule has 2 rings (SSSR count). The van der Waals surface area contributed by atoms with Crippen molar-refractivity contribution in [3.8, 4) is 0 Å². The van der Waals surface area contributed by atoms with Crippen molar-refractivity contribution in [3.05, 3.63) is 64.7 Å². The highest BCUT2D eigenvalue weighted by molar-refractivity contribution is 6.33. The second-order valence-electron chi connectivity index (χ2n) is 5.64. The predicted molar refractivity (Wildman–Crippen MR) is 97.4 cm³/mol. The van der Waals surface area contributed by atoms with Gasteiger partial charge in [-0.25, -0.2) is 0 Å². The molecule has 2 aromatic carbocycles. The number of rotatable bonds is 6. The van der Waals surface area contributed by atoms with Crippen LogP contribution in [-0.2, 0) is 16.0 Å². The Bertz CT molecular complexity index is 731. The van der Waals surface area contributed by atoms with Crippen molar-refractivity contribution in [2.24, 2.45) is 0 Å². The number of halogens is 1. The summed E-state index contributed by atoms with van der Waals surface area (Å²) in [5.41, 5.74) is 2.75. The number of carbonyl (C=O) groups is 2. The number of nitrogens with one attached hydrogen (secondary N) is 1. The minimum atomic E-state index is -0.115. The molecule has 0 aromatic heterocycles. The zero-order valence-electron chi connectivity index (χ0n) is 13.9. The van der Waals surface area contributed by atoms with Crippen LogP contribution >= 0.6 is 11.6 Å². The van der Waals surface area contributed by atoms with Crippen LogP contribution in [0.3, 0.4) is 0 Å². The van der Waals surface area contributed by atoms with Gasteiger partial charge in [0.1, 0.15) is 0 Å². The molecule has 126 valence electrons. The first-order valence-electron chi connectivity index (χ1n) is 7.82. The smallest absolute Gasteiger partial charge is 0.224 e. The van der Waals surface area contributed by atoms with E-state index in [4.69, 9.17) is 11.6 Å². The first-order valence-corrected chi connectivity index (χ1v) is 8.20. The molecule has 0 spiro atoms. The lowest BCUT2D eigenvalue weighted by Crippen LogP contribution is -2.38. The van der Waals surface area contributed by atoms with Crippen molar-refractivity contribution in [2.45, 2.75) is 20.3 Å². The maximum absolute atomic E-state index is 12.0. The molecule has 0 aliphatic rings. The third-order valence-corrected chi connectivity index (χ3v) is 3.95. The van der Waals surface area contributed by atoms with Gasteiger partial charge in [-0.1, -0.05) is 53.6 Å². The van der Waals surface area contributed by atoms with Gasteiger partial charge in [0.2, 0.25) is 11.8 Å². The van der Waals surface area contributed by atoms with E-state index in [0.29, 0.717) is 30.2 Å². The molecule has 1 N–H and O–H groups in total. The van der Waals surface area contributed by atoms with Crippen molar-refractivity contribution in [2.75, 3.05) is 18.0 Å². The first kappa shape index (κ1) is 18.0. The van der Waals surface area contributed by atoms with Gasteiger partial charge in [-0.15, -0.1) is 0 Å². The molecule has 0 aliphatic heterocycles. The fourth-order valence-corrected chi connectivity index (χ4v) is 2.73. The topological polar surface area (TPSA) is 49.4 Å². The van der Waals surface area contributed by atoms with E-state index in [1.165, 1.54) is 6.92 Å². The van der Waals surface area contributed by atoms with Crippen LogP contribution in [0.5, 0.6) is 0 Å². The minimum Gasteiger partial charge on any atom is -0.354 e. The molecule has 0 saturated heterocycles. The number of anilines is 1. The molecule has 0 bridgehead atoms. The van der Waals surface area contributed by atoms with Gasteiger partial charge in [0.05, 0.1) is 17.1 Å². The quantitative estimate of drug-likeness (QED) is 0.873. The SMILES string of the molecule is CC(=O)N(CCNC(=O)Cc1cccc(C)c1)c1ccccc1Cl. The van der Waals surface area contributed by atoms with Gasteiger partial charge in [-0.05, 0) is 24.6 Å². The largest absolute Gasteiger partial charge is 0.354 e. The Labute approximate surface area is 147 Å². The minimum absolute atomic E-state index is 0.0664. The molecule has 0 unspecified atom stereocenters. The van der Waals surface area contributed by atoms with E-state index in [-0.39, 0.29) is 11.8 Å². The molecule has 0 atom stereocenters. The van der Waals surface area contributed by atoms with Crippen molar-refractivity contribution < 1.29 is 9.59 Å². The molecular weight excluding hydrogens is 324 g/mol. The van der Waals surface area contributed by atoms with E-state index < -0.39 is 0 Å². The molecule has 0 heterocycles. The van der Waals surface area contributed by atoms with Crippen LogP contribution in [0.1, 0.15) is 18.1 Å². The summed E-state index contributed by atoms with van der Waals surface area (Å²) in [6.07, 6.45) is 0.327. The Morgan fingerprint density at radius 3 is 2.54 bits per heavy atom. The van der Waals surface area contributed by atoms with Crippen LogP contribution < -0.4 is 10.2 Å². The van der Waals surface area contributed by atoms with E-state index in [1.54, 1.807) is 17.0 Å². The van der Waals surface area contributed by atoms with Gasteiger partial charge in [0, 0.05) is 20.0 Å². The van der Waals surface area contributed by atoms with Gasteiger partial charge in [-0.3, -0.25) is 9.59 Å². The van der Waals surface area contributed by atoms with Gasteiger partial charge < -0.3 is 10.2 Å². The molecule has 24 heavy (non-hydrogen) atoms. The second-order valence-corrected chi connectivity index (χ2v) is 6.05. The van der Waals surface area contributed by atoms with Crippen LogP contribution in [0.15, 0.2) is 48.5 Å².